The van der Waals surface area contributed by atoms with Gasteiger partial charge in [-0.2, -0.15) is 0 Å². The van der Waals surface area contributed by atoms with E-state index in [0.29, 0.717) is 22.8 Å². The van der Waals surface area contributed by atoms with Gasteiger partial charge >= 0.3 is 0 Å². The Kier molecular flexibility index (Phi) is 11.1. The number of halogens is 2. The van der Waals surface area contributed by atoms with Crippen LogP contribution in [-0.2, 0) is 25.9 Å². The molecule has 1 amide bonds. The smallest absolute Gasteiger partial charge is 0.251 e. The van der Waals surface area contributed by atoms with E-state index in [-0.39, 0.29) is 27.8 Å². The summed E-state index contributed by atoms with van der Waals surface area (Å²) >= 11 is 12.0. The number of carbonyl (C=O) groups excluding carboxylic acids is 1. The summed E-state index contributed by atoms with van der Waals surface area (Å²) in [5, 5.41) is 3.33. The molecular formula is C24H33Cl2N3O4S. The lowest BCUT2D eigenvalue weighted by molar-refractivity contribution is -0.117. The quantitative estimate of drug-likeness (QED) is 0.268. The van der Waals surface area contributed by atoms with Gasteiger partial charge in [0.15, 0.2) is 9.84 Å². The monoisotopic (exact) mass is 529 g/mol. The Hall–Kier alpha value is -1.84. The van der Waals surface area contributed by atoms with E-state index in [9.17, 15) is 13.2 Å². The lowest BCUT2D eigenvalue weighted by atomic mass is 10.1. The van der Waals surface area contributed by atoms with Crippen LogP contribution in [0.4, 0.5) is 0 Å². The summed E-state index contributed by atoms with van der Waals surface area (Å²) in [5.41, 5.74) is 0.676. The van der Waals surface area contributed by atoms with Gasteiger partial charge in [-0.25, -0.2) is 8.42 Å². The number of likely N-dealkylation sites (N-methyl/N-ethyl adjacent to an activating group) is 1. The number of amides is 1. The highest BCUT2D eigenvalue weighted by atomic mass is 35.5. The van der Waals surface area contributed by atoms with E-state index in [1.807, 2.05) is 0 Å². The molecule has 2 rings (SSSR count). The summed E-state index contributed by atoms with van der Waals surface area (Å²) in [6.07, 6.45) is 3.72. The highest BCUT2D eigenvalue weighted by Gasteiger charge is 2.19. The van der Waals surface area contributed by atoms with Crippen molar-refractivity contribution in [2.45, 2.75) is 24.8 Å². The summed E-state index contributed by atoms with van der Waals surface area (Å²) in [6, 6.07) is 4.52. The van der Waals surface area contributed by atoms with Gasteiger partial charge in [0.1, 0.15) is 0 Å². The van der Waals surface area contributed by atoms with Crippen LogP contribution in [0.5, 0.6) is 0 Å². The minimum atomic E-state index is -3.48. The molecule has 188 valence electrons. The number of nitrogens with zero attached hydrogens (tertiary/aromatic N) is 2. The van der Waals surface area contributed by atoms with Crippen molar-refractivity contribution in [2.75, 3.05) is 52.6 Å². The molecule has 1 N–H and O–H groups in total. The van der Waals surface area contributed by atoms with Crippen molar-refractivity contribution in [2.24, 2.45) is 0 Å². The number of benzene rings is 1. The Bertz CT molecular complexity index is 1050. The summed E-state index contributed by atoms with van der Waals surface area (Å²) < 4.78 is 30.4. The summed E-state index contributed by atoms with van der Waals surface area (Å²) in [4.78, 5) is 17.8. The average Bonchev–Trinajstić information content (AvgIpc) is 2.80. The van der Waals surface area contributed by atoms with Gasteiger partial charge in [0.05, 0.1) is 23.5 Å². The highest BCUT2D eigenvalue weighted by Crippen LogP contribution is 2.22. The zero-order chi connectivity index (χ0) is 25.3. The molecule has 0 spiro atoms. The number of piperazine rings is 1. The van der Waals surface area contributed by atoms with Crippen LogP contribution in [0.3, 0.4) is 0 Å². The standard InChI is InChI=1S/C24H33Cl2N3O4S/c1-5-34(31,32)23-7-6-21(26)15-20(23)17-27-24(30)19(14-18(2)25)16-22(33-4)8-9-29-12-10-28(3)11-13-29/h6-7,14-16H,2,5,8-13,17H2,1,3-4H3,(H,27,30)/b19-14+,22-16+. The molecule has 7 nitrogen and oxygen atoms in total. The van der Waals surface area contributed by atoms with Gasteiger partial charge in [0, 0.05) is 61.3 Å². The number of hydrogen-bond donors (Lipinski definition) is 1. The van der Waals surface area contributed by atoms with Gasteiger partial charge in [-0.1, -0.05) is 36.7 Å². The molecule has 0 aromatic heterocycles. The van der Waals surface area contributed by atoms with Crippen LogP contribution in [-0.4, -0.2) is 76.8 Å². The van der Waals surface area contributed by atoms with Crippen LogP contribution in [0.2, 0.25) is 5.02 Å². The van der Waals surface area contributed by atoms with Gasteiger partial charge < -0.3 is 19.9 Å². The van der Waals surface area contributed by atoms with Crippen molar-refractivity contribution >= 4 is 38.9 Å². The van der Waals surface area contributed by atoms with Crippen molar-refractivity contribution in [3.05, 3.63) is 63.9 Å². The molecule has 1 saturated heterocycles. The molecule has 0 radical (unpaired) electrons. The van der Waals surface area contributed by atoms with E-state index in [1.165, 1.54) is 18.2 Å². The Balaban J connectivity index is 2.15. The molecule has 1 aliphatic rings. The van der Waals surface area contributed by atoms with E-state index in [1.54, 1.807) is 26.2 Å². The topological polar surface area (TPSA) is 79.0 Å². The normalized spacial score (nSPS) is 16.4. The molecule has 0 unspecified atom stereocenters. The second-order valence-electron chi connectivity index (χ2n) is 8.09. The van der Waals surface area contributed by atoms with Crippen molar-refractivity contribution < 1.29 is 17.9 Å². The molecule has 1 aliphatic heterocycles. The fraction of sp³-hybridized carbons (Fsp3) is 0.458. The zero-order valence-electron chi connectivity index (χ0n) is 19.9. The van der Waals surface area contributed by atoms with Crippen LogP contribution in [0, 0.1) is 0 Å². The van der Waals surface area contributed by atoms with E-state index >= 15 is 0 Å². The third-order valence-corrected chi connectivity index (χ3v) is 7.77. The number of rotatable bonds is 11. The van der Waals surface area contributed by atoms with Crippen LogP contribution in [0.15, 0.2) is 58.2 Å². The molecule has 0 aliphatic carbocycles. The van der Waals surface area contributed by atoms with E-state index in [4.69, 9.17) is 27.9 Å². The van der Waals surface area contributed by atoms with E-state index < -0.39 is 15.7 Å². The number of hydrogen-bond acceptors (Lipinski definition) is 6. The molecule has 1 fully saturated rings. The van der Waals surface area contributed by atoms with Crippen molar-refractivity contribution in [3.63, 3.8) is 0 Å². The third-order valence-electron chi connectivity index (χ3n) is 5.60. The maximum Gasteiger partial charge on any atom is 0.251 e. The summed E-state index contributed by atoms with van der Waals surface area (Å²) in [6.45, 7) is 10.0. The Morgan fingerprint density at radius 3 is 2.50 bits per heavy atom. The zero-order valence-corrected chi connectivity index (χ0v) is 22.3. The molecular weight excluding hydrogens is 497 g/mol. The van der Waals surface area contributed by atoms with Gasteiger partial charge in [0.2, 0.25) is 0 Å². The third kappa shape index (κ3) is 8.74. The minimum Gasteiger partial charge on any atom is -0.501 e. The molecule has 1 aromatic carbocycles. The first-order valence-corrected chi connectivity index (χ1v) is 13.5. The van der Waals surface area contributed by atoms with Crippen LogP contribution >= 0.6 is 23.2 Å². The van der Waals surface area contributed by atoms with Crippen LogP contribution < -0.4 is 5.32 Å². The second kappa shape index (κ2) is 13.3. The van der Waals surface area contributed by atoms with Gasteiger partial charge in [0.25, 0.3) is 5.91 Å². The maximum atomic E-state index is 13.0. The summed E-state index contributed by atoms with van der Waals surface area (Å²) in [5.74, 6) is 0.145. The number of allylic oxidation sites excluding steroid dienone is 2. The number of methoxy groups -OCH3 is 1. The first kappa shape index (κ1) is 28.4. The van der Waals surface area contributed by atoms with Gasteiger partial charge in [-0.05, 0) is 43.0 Å². The van der Waals surface area contributed by atoms with E-state index in [0.717, 1.165) is 32.7 Å². The number of nitrogens with one attached hydrogen (secondary N) is 1. The van der Waals surface area contributed by atoms with Gasteiger partial charge in [-0.15, -0.1) is 0 Å². The molecule has 34 heavy (non-hydrogen) atoms. The Labute approximate surface area is 213 Å². The predicted octanol–water partition coefficient (Wildman–Crippen LogP) is 3.60. The number of sulfone groups is 1. The number of ether oxygens (including phenoxy) is 1. The fourth-order valence-corrected chi connectivity index (χ4v) is 4.94. The Morgan fingerprint density at radius 2 is 1.91 bits per heavy atom. The fourth-order valence-electron chi connectivity index (χ4n) is 3.51. The lowest BCUT2D eigenvalue weighted by Crippen LogP contribution is -2.44. The SMILES string of the molecule is C=C(Cl)/C=C(\C=C(/CCN1CCN(C)CC1)OC)C(=O)NCc1cc(Cl)ccc1S(=O)(=O)CC. The summed E-state index contributed by atoms with van der Waals surface area (Å²) in [7, 11) is 0.195. The Morgan fingerprint density at radius 1 is 1.24 bits per heavy atom. The lowest BCUT2D eigenvalue weighted by Gasteiger charge is -2.32. The molecule has 1 aromatic rings. The second-order valence-corrected chi connectivity index (χ2v) is 11.3. The predicted molar refractivity (Wildman–Crippen MR) is 138 cm³/mol. The van der Waals surface area contributed by atoms with Crippen molar-refractivity contribution in [3.8, 4) is 0 Å². The maximum absolute atomic E-state index is 13.0. The largest absolute Gasteiger partial charge is 0.501 e. The van der Waals surface area contributed by atoms with E-state index in [2.05, 4.69) is 28.7 Å². The van der Waals surface area contributed by atoms with Crippen molar-refractivity contribution in [1.82, 2.24) is 15.1 Å². The molecule has 0 atom stereocenters. The molecule has 0 saturated carbocycles. The molecule has 1 heterocycles. The first-order chi connectivity index (χ1) is 16.1. The van der Waals surface area contributed by atoms with Crippen molar-refractivity contribution in [1.29, 1.82) is 0 Å². The van der Waals surface area contributed by atoms with Gasteiger partial charge in [-0.3, -0.25) is 4.79 Å². The number of carbonyl (C=O) groups is 1. The average molecular weight is 531 g/mol. The minimum absolute atomic E-state index is 0.0164. The molecule has 0 bridgehead atoms. The van der Waals surface area contributed by atoms with Crippen LogP contribution in [0.25, 0.3) is 0 Å². The first-order valence-electron chi connectivity index (χ1n) is 11.1. The molecule has 10 heteroatoms. The van der Waals surface area contributed by atoms with Crippen LogP contribution in [0.1, 0.15) is 18.9 Å². The highest BCUT2D eigenvalue weighted by molar-refractivity contribution is 7.91.